The molecule has 25 heavy (non-hydrogen) atoms. The van der Waals surface area contributed by atoms with Gasteiger partial charge in [0.2, 0.25) is 0 Å². The maximum atomic E-state index is 12.2. The third-order valence-corrected chi connectivity index (χ3v) is 3.81. The number of aromatic amines is 1. The molecule has 2 aromatic carbocycles. The van der Waals surface area contributed by atoms with Gasteiger partial charge in [-0.25, -0.2) is 5.43 Å². The van der Waals surface area contributed by atoms with E-state index in [1.54, 1.807) is 19.2 Å². The average molecular weight is 355 g/mol. The molecule has 0 spiro atoms. The van der Waals surface area contributed by atoms with Gasteiger partial charge in [0.05, 0.1) is 24.0 Å². The molecule has 1 heterocycles. The summed E-state index contributed by atoms with van der Waals surface area (Å²) < 4.78 is 5.22. The lowest BCUT2D eigenvalue weighted by Crippen LogP contribution is -2.18. The quantitative estimate of drug-likeness (QED) is 0.543. The number of nitrogens with one attached hydrogen (secondary N) is 2. The summed E-state index contributed by atoms with van der Waals surface area (Å²) >= 11 is 6.14. The molecule has 3 aromatic rings. The Morgan fingerprint density at radius 2 is 2.00 bits per heavy atom. The molecule has 126 valence electrons. The molecular weight excluding hydrogens is 340 g/mol. The Labute approximate surface area is 149 Å². The number of H-pyrrole nitrogens is 1. The minimum atomic E-state index is -0.406. The Bertz CT molecular complexity index is 921. The number of benzene rings is 2. The summed E-state index contributed by atoms with van der Waals surface area (Å²) in [6, 6.07) is 16.3. The number of hydrogen-bond acceptors (Lipinski definition) is 4. The van der Waals surface area contributed by atoms with Crippen molar-refractivity contribution in [1.29, 1.82) is 0 Å². The lowest BCUT2D eigenvalue weighted by molar-refractivity contribution is 0.0950. The molecule has 0 aliphatic heterocycles. The van der Waals surface area contributed by atoms with Crippen molar-refractivity contribution in [3.63, 3.8) is 0 Å². The fourth-order valence-corrected chi connectivity index (χ4v) is 2.47. The van der Waals surface area contributed by atoms with E-state index in [1.165, 1.54) is 6.21 Å². The van der Waals surface area contributed by atoms with Crippen molar-refractivity contribution in [2.75, 3.05) is 7.11 Å². The fraction of sp³-hybridized carbons (Fsp3) is 0.0556. The summed E-state index contributed by atoms with van der Waals surface area (Å²) in [6.45, 7) is 0. The molecule has 0 unspecified atom stereocenters. The van der Waals surface area contributed by atoms with Crippen LogP contribution in [0.3, 0.4) is 0 Å². The van der Waals surface area contributed by atoms with E-state index in [9.17, 15) is 4.79 Å². The molecule has 0 aliphatic rings. The molecule has 1 amide bonds. The minimum Gasteiger partial charge on any atom is -0.496 e. The normalized spacial score (nSPS) is 10.8. The van der Waals surface area contributed by atoms with Gasteiger partial charge in [0.1, 0.15) is 11.4 Å². The first-order chi connectivity index (χ1) is 12.2. The molecule has 0 aliphatic carbocycles. The lowest BCUT2D eigenvalue weighted by Gasteiger charge is -2.02. The van der Waals surface area contributed by atoms with Gasteiger partial charge in [-0.1, -0.05) is 41.9 Å². The summed E-state index contributed by atoms with van der Waals surface area (Å²) in [5.74, 6) is 0.264. The predicted octanol–water partition coefficient (Wildman–Crippen LogP) is 3.50. The van der Waals surface area contributed by atoms with Gasteiger partial charge in [-0.3, -0.25) is 9.89 Å². The van der Waals surface area contributed by atoms with E-state index in [-0.39, 0.29) is 5.69 Å². The zero-order valence-electron chi connectivity index (χ0n) is 13.4. The molecule has 0 atom stereocenters. The second-order valence-electron chi connectivity index (χ2n) is 5.09. The zero-order valence-corrected chi connectivity index (χ0v) is 14.1. The summed E-state index contributed by atoms with van der Waals surface area (Å²) in [6.07, 6.45) is 1.52. The van der Waals surface area contributed by atoms with Crippen molar-refractivity contribution in [3.8, 4) is 17.0 Å². The Balaban J connectivity index is 1.70. The van der Waals surface area contributed by atoms with E-state index in [1.807, 2.05) is 42.5 Å². The van der Waals surface area contributed by atoms with Gasteiger partial charge in [0.25, 0.3) is 5.91 Å². The number of aromatic nitrogens is 2. The van der Waals surface area contributed by atoms with Crippen molar-refractivity contribution in [2.45, 2.75) is 0 Å². The molecule has 7 heteroatoms. The number of carbonyl (C=O) groups is 1. The molecule has 0 radical (unpaired) electrons. The third kappa shape index (κ3) is 3.87. The highest BCUT2D eigenvalue weighted by Crippen LogP contribution is 2.26. The average Bonchev–Trinajstić information content (AvgIpc) is 3.12. The van der Waals surface area contributed by atoms with Crippen LogP contribution in [0.5, 0.6) is 5.75 Å². The molecule has 6 nitrogen and oxygen atoms in total. The van der Waals surface area contributed by atoms with Crippen LogP contribution < -0.4 is 10.2 Å². The van der Waals surface area contributed by atoms with E-state index < -0.39 is 5.91 Å². The van der Waals surface area contributed by atoms with Crippen molar-refractivity contribution < 1.29 is 9.53 Å². The number of hydrazone groups is 1. The van der Waals surface area contributed by atoms with Crippen LogP contribution in [0.1, 0.15) is 16.1 Å². The first-order valence-corrected chi connectivity index (χ1v) is 7.83. The van der Waals surface area contributed by atoms with Gasteiger partial charge in [0.15, 0.2) is 0 Å². The highest BCUT2D eigenvalue weighted by molar-refractivity contribution is 6.33. The van der Waals surface area contributed by atoms with Gasteiger partial charge in [-0.05, 0) is 24.3 Å². The van der Waals surface area contributed by atoms with Crippen LogP contribution in [-0.4, -0.2) is 29.4 Å². The molecular formula is C18H15ClN4O2. The number of rotatable bonds is 5. The number of para-hydroxylation sites is 1. The Morgan fingerprint density at radius 1 is 1.24 bits per heavy atom. The van der Waals surface area contributed by atoms with E-state index in [0.717, 1.165) is 11.1 Å². The fourth-order valence-electron chi connectivity index (χ4n) is 2.24. The number of carbonyl (C=O) groups excluding carboxylic acids is 1. The second kappa shape index (κ2) is 7.63. The summed E-state index contributed by atoms with van der Waals surface area (Å²) in [4.78, 5) is 12.2. The maximum Gasteiger partial charge on any atom is 0.289 e. The van der Waals surface area contributed by atoms with Crippen LogP contribution in [0.2, 0.25) is 5.02 Å². The summed E-state index contributed by atoms with van der Waals surface area (Å²) in [7, 11) is 1.58. The SMILES string of the molecule is COc1ccccc1C=NNC(=O)c1cc(-c2ccccc2Cl)n[nH]1. The number of methoxy groups -OCH3 is 1. The molecule has 0 saturated carbocycles. The molecule has 3 rings (SSSR count). The number of hydrogen-bond donors (Lipinski definition) is 2. The van der Waals surface area contributed by atoms with E-state index in [4.69, 9.17) is 16.3 Å². The van der Waals surface area contributed by atoms with Crippen LogP contribution in [-0.2, 0) is 0 Å². The van der Waals surface area contributed by atoms with E-state index >= 15 is 0 Å². The molecule has 1 aromatic heterocycles. The van der Waals surface area contributed by atoms with Crippen molar-refractivity contribution in [1.82, 2.24) is 15.6 Å². The minimum absolute atomic E-state index is 0.284. The molecule has 0 bridgehead atoms. The van der Waals surface area contributed by atoms with Gasteiger partial charge in [-0.2, -0.15) is 10.2 Å². The van der Waals surface area contributed by atoms with Gasteiger partial charge in [0, 0.05) is 11.1 Å². The number of amides is 1. The Hall–Kier alpha value is -3.12. The van der Waals surface area contributed by atoms with Gasteiger partial charge >= 0.3 is 0 Å². The van der Waals surface area contributed by atoms with Crippen molar-refractivity contribution in [3.05, 3.63) is 70.9 Å². The molecule has 2 N–H and O–H groups in total. The first-order valence-electron chi connectivity index (χ1n) is 7.46. The standard InChI is InChI=1S/C18H15ClN4O2/c1-25-17-9-5-2-6-12(17)11-20-23-18(24)16-10-15(21-22-16)13-7-3-4-8-14(13)19/h2-11H,1H3,(H,21,22)(H,23,24). The number of ether oxygens (including phenoxy) is 1. The van der Waals surface area contributed by atoms with Crippen LogP contribution in [0.15, 0.2) is 59.7 Å². The van der Waals surface area contributed by atoms with Crippen LogP contribution in [0.4, 0.5) is 0 Å². The van der Waals surface area contributed by atoms with Gasteiger partial charge < -0.3 is 4.74 Å². The second-order valence-corrected chi connectivity index (χ2v) is 5.49. The van der Waals surface area contributed by atoms with Crippen molar-refractivity contribution in [2.24, 2.45) is 5.10 Å². The molecule has 0 fully saturated rings. The van der Waals surface area contributed by atoms with E-state index in [2.05, 4.69) is 20.7 Å². The van der Waals surface area contributed by atoms with Crippen LogP contribution in [0.25, 0.3) is 11.3 Å². The Kier molecular flexibility index (Phi) is 5.11. The first kappa shape index (κ1) is 16.7. The molecule has 0 saturated heterocycles. The third-order valence-electron chi connectivity index (χ3n) is 3.48. The number of nitrogens with zero attached hydrogens (tertiary/aromatic N) is 2. The maximum absolute atomic E-state index is 12.2. The van der Waals surface area contributed by atoms with Gasteiger partial charge in [-0.15, -0.1) is 0 Å². The Morgan fingerprint density at radius 3 is 2.80 bits per heavy atom. The number of halogens is 1. The van der Waals surface area contributed by atoms with Crippen molar-refractivity contribution >= 4 is 23.7 Å². The topological polar surface area (TPSA) is 79.4 Å². The highest BCUT2D eigenvalue weighted by Gasteiger charge is 2.12. The highest BCUT2D eigenvalue weighted by atomic mass is 35.5. The predicted molar refractivity (Wildman–Crippen MR) is 97.1 cm³/mol. The summed E-state index contributed by atoms with van der Waals surface area (Å²) in [5, 5.41) is 11.3. The largest absolute Gasteiger partial charge is 0.496 e. The van der Waals surface area contributed by atoms with Crippen LogP contribution >= 0.6 is 11.6 Å². The monoisotopic (exact) mass is 354 g/mol. The smallest absolute Gasteiger partial charge is 0.289 e. The van der Waals surface area contributed by atoms with Crippen LogP contribution in [0, 0.1) is 0 Å². The summed E-state index contributed by atoms with van der Waals surface area (Å²) in [5.41, 5.74) is 4.82. The zero-order chi connectivity index (χ0) is 17.6. The van der Waals surface area contributed by atoms with E-state index in [0.29, 0.717) is 16.5 Å². The lowest BCUT2D eigenvalue weighted by atomic mass is 10.1.